The van der Waals surface area contributed by atoms with Crippen molar-refractivity contribution in [2.75, 3.05) is 5.32 Å². The second-order valence-electron chi connectivity index (χ2n) is 6.82. The molecular formula is C20H22N2OS. The highest BCUT2D eigenvalue weighted by atomic mass is 32.1. The minimum absolute atomic E-state index is 0.560. The summed E-state index contributed by atoms with van der Waals surface area (Å²) in [4.78, 5) is 0. The first kappa shape index (κ1) is 15.5. The molecule has 0 spiro atoms. The molecule has 0 amide bonds. The second-order valence-corrected chi connectivity index (χ2v) is 7.23. The lowest BCUT2D eigenvalue weighted by Crippen LogP contribution is -2.40. The molecule has 3 nitrogen and oxygen atoms in total. The van der Waals surface area contributed by atoms with Crippen LogP contribution < -0.4 is 15.4 Å². The van der Waals surface area contributed by atoms with Crippen LogP contribution in [0.3, 0.4) is 0 Å². The fraction of sp³-hybridized carbons (Fsp3) is 0.350. The molecule has 0 heterocycles. The molecule has 124 valence electrons. The summed E-state index contributed by atoms with van der Waals surface area (Å²) in [5, 5.41) is 7.51. The van der Waals surface area contributed by atoms with E-state index in [1.54, 1.807) is 0 Å². The highest BCUT2D eigenvalue weighted by molar-refractivity contribution is 7.80. The normalized spacial score (nSPS) is 24.6. The molecule has 0 aromatic heterocycles. The Balaban J connectivity index is 1.31. The molecular weight excluding hydrogens is 316 g/mol. The zero-order valence-corrected chi connectivity index (χ0v) is 14.4. The van der Waals surface area contributed by atoms with Gasteiger partial charge in [-0.15, -0.1) is 0 Å². The summed E-state index contributed by atoms with van der Waals surface area (Å²) in [6.45, 7) is 0. The third-order valence-corrected chi connectivity index (χ3v) is 5.37. The van der Waals surface area contributed by atoms with E-state index in [2.05, 4.69) is 10.6 Å². The largest absolute Gasteiger partial charge is 0.457 e. The number of nitrogens with one attached hydrogen (secondary N) is 2. The van der Waals surface area contributed by atoms with Gasteiger partial charge in [0.15, 0.2) is 5.11 Å². The maximum atomic E-state index is 5.80. The SMILES string of the molecule is S=C(Nc1ccc(Oc2ccccc2)cc1)N[C@@H]1C[C@H]2CC[C@@H]1C2. The van der Waals surface area contributed by atoms with Crippen molar-refractivity contribution in [3.8, 4) is 11.5 Å². The number of anilines is 1. The molecule has 24 heavy (non-hydrogen) atoms. The van der Waals surface area contributed by atoms with Crippen molar-refractivity contribution in [3.63, 3.8) is 0 Å². The van der Waals surface area contributed by atoms with Crippen LogP contribution in [-0.4, -0.2) is 11.2 Å². The Hall–Kier alpha value is -2.07. The highest BCUT2D eigenvalue weighted by Crippen LogP contribution is 2.44. The average molecular weight is 338 g/mol. The third kappa shape index (κ3) is 3.54. The Morgan fingerprint density at radius 2 is 1.67 bits per heavy atom. The van der Waals surface area contributed by atoms with Gasteiger partial charge in [0, 0.05) is 11.7 Å². The fourth-order valence-corrected chi connectivity index (χ4v) is 4.26. The van der Waals surface area contributed by atoms with Gasteiger partial charge < -0.3 is 15.4 Å². The summed E-state index contributed by atoms with van der Waals surface area (Å²) in [5.41, 5.74) is 0.982. The molecule has 2 fully saturated rings. The Morgan fingerprint density at radius 3 is 2.33 bits per heavy atom. The van der Waals surface area contributed by atoms with Crippen LogP contribution >= 0.6 is 12.2 Å². The lowest BCUT2D eigenvalue weighted by molar-refractivity contribution is 0.392. The van der Waals surface area contributed by atoms with Crippen molar-refractivity contribution in [3.05, 3.63) is 54.6 Å². The number of hydrogen-bond donors (Lipinski definition) is 2. The van der Waals surface area contributed by atoms with E-state index in [1.165, 1.54) is 25.7 Å². The number of hydrogen-bond acceptors (Lipinski definition) is 2. The Bertz CT molecular complexity index is 701. The van der Waals surface area contributed by atoms with E-state index in [-0.39, 0.29) is 0 Å². The van der Waals surface area contributed by atoms with E-state index in [1.807, 2.05) is 54.6 Å². The highest BCUT2D eigenvalue weighted by Gasteiger charge is 2.39. The van der Waals surface area contributed by atoms with Crippen LogP contribution in [0.4, 0.5) is 5.69 Å². The Kier molecular flexibility index (Phi) is 4.39. The topological polar surface area (TPSA) is 33.3 Å². The Labute approximate surface area is 148 Å². The minimum Gasteiger partial charge on any atom is -0.457 e. The summed E-state index contributed by atoms with van der Waals surface area (Å²) in [7, 11) is 0. The van der Waals surface area contributed by atoms with E-state index in [4.69, 9.17) is 17.0 Å². The van der Waals surface area contributed by atoms with Gasteiger partial charge in [0.05, 0.1) is 0 Å². The van der Waals surface area contributed by atoms with Crippen LogP contribution in [-0.2, 0) is 0 Å². The van der Waals surface area contributed by atoms with Crippen molar-refractivity contribution in [1.82, 2.24) is 5.32 Å². The summed E-state index contributed by atoms with van der Waals surface area (Å²) in [6, 6.07) is 18.2. The molecule has 0 saturated heterocycles. The number of fused-ring (bicyclic) bond motifs is 2. The molecule has 2 aliphatic rings. The first-order valence-corrected chi connectivity index (χ1v) is 9.07. The number of para-hydroxylation sites is 1. The molecule has 2 aromatic rings. The minimum atomic E-state index is 0.560. The maximum absolute atomic E-state index is 5.80. The molecule has 2 N–H and O–H groups in total. The van der Waals surface area contributed by atoms with Gasteiger partial charge in [0.2, 0.25) is 0 Å². The lowest BCUT2D eigenvalue weighted by atomic mass is 9.96. The Morgan fingerprint density at radius 1 is 0.917 bits per heavy atom. The van der Waals surface area contributed by atoms with Gasteiger partial charge in [-0.3, -0.25) is 0 Å². The molecule has 0 radical (unpaired) electrons. The monoisotopic (exact) mass is 338 g/mol. The standard InChI is InChI=1S/C20H22N2OS/c24-20(22-19-13-14-6-7-15(19)12-14)21-16-8-10-18(11-9-16)23-17-4-2-1-3-5-17/h1-5,8-11,14-15,19H,6-7,12-13H2,(H2,21,22,24)/t14-,15+,19+/m0/s1. The molecule has 4 heteroatoms. The van der Waals surface area contributed by atoms with E-state index < -0.39 is 0 Å². The van der Waals surface area contributed by atoms with Gasteiger partial charge in [-0.1, -0.05) is 24.6 Å². The van der Waals surface area contributed by atoms with Crippen LogP contribution in [0.1, 0.15) is 25.7 Å². The summed E-state index contributed by atoms with van der Waals surface area (Å²) < 4.78 is 5.80. The van der Waals surface area contributed by atoms with E-state index in [0.717, 1.165) is 34.1 Å². The van der Waals surface area contributed by atoms with Crippen LogP contribution in [0.5, 0.6) is 11.5 Å². The van der Waals surface area contributed by atoms with Crippen LogP contribution in [0.15, 0.2) is 54.6 Å². The van der Waals surface area contributed by atoms with E-state index >= 15 is 0 Å². The average Bonchev–Trinajstić information content (AvgIpc) is 3.20. The van der Waals surface area contributed by atoms with E-state index in [0.29, 0.717) is 6.04 Å². The quantitative estimate of drug-likeness (QED) is 0.773. The van der Waals surface area contributed by atoms with Crippen molar-refractivity contribution in [2.24, 2.45) is 11.8 Å². The van der Waals surface area contributed by atoms with Crippen molar-refractivity contribution in [1.29, 1.82) is 0 Å². The summed E-state index contributed by atoms with van der Waals surface area (Å²) >= 11 is 5.47. The van der Waals surface area contributed by atoms with Gasteiger partial charge in [-0.2, -0.15) is 0 Å². The number of rotatable bonds is 4. The van der Waals surface area contributed by atoms with Gasteiger partial charge in [0.1, 0.15) is 11.5 Å². The van der Waals surface area contributed by atoms with Crippen molar-refractivity contribution >= 4 is 23.0 Å². The molecule has 3 atom stereocenters. The predicted octanol–water partition coefficient (Wildman–Crippen LogP) is 4.95. The molecule has 2 saturated carbocycles. The molecule has 2 bridgehead atoms. The molecule has 0 unspecified atom stereocenters. The van der Waals surface area contributed by atoms with Gasteiger partial charge in [0.25, 0.3) is 0 Å². The zero-order chi connectivity index (χ0) is 16.4. The molecule has 4 rings (SSSR count). The third-order valence-electron chi connectivity index (χ3n) is 5.15. The second kappa shape index (κ2) is 6.81. The molecule has 0 aliphatic heterocycles. The molecule has 2 aromatic carbocycles. The summed E-state index contributed by atoms with van der Waals surface area (Å²) in [5.74, 6) is 3.39. The summed E-state index contributed by atoms with van der Waals surface area (Å²) in [6.07, 6.45) is 5.42. The zero-order valence-electron chi connectivity index (χ0n) is 13.6. The first-order chi connectivity index (χ1) is 11.8. The predicted molar refractivity (Wildman–Crippen MR) is 102 cm³/mol. The smallest absolute Gasteiger partial charge is 0.171 e. The lowest BCUT2D eigenvalue weighted by Gasteiger charge is -2.24. The maximum Gasteiger partial charge on any atom is 0.171 e. The molecule has 2 aliphatic carbocycles. The number of thiocarbonyl (C=S) groups is 1. The van der Waals surface area contributed by atoms with E-state index in [9.17, 15) is 0 Å². The van der Waals surface area contributed by atoms with Gasteiger partial charge in [-0.25, -0.2) is 0 Å². The van der Waals surface area contributed by atoms with Crippen LogP contribution in [0, 0.1) is 11.8 Å². The fourth-order valence-electron chi connectivity index (χ4n) is 3.99. The van der Waals surface area contributed by atoms with Crippen molar-refractivity contribution in [2.45, 2.75) is 31.7 Å². The van der Waals surface area contributed by atoms with Gasteiger partial charge in [-0.05, 0) is 79.7 Å². The van der Waals surface area contributed by atoms with Gasteiger partial charge >= 0.3 is 0 Å². The van der Waals surface area contributed by atoms with Crippen LogP contribution in [0.2, 0.25) is 0 Å². The number of ether oxygens (including phenoxy) is 1. The van der Waals surface area contributed by atoms with Crippen LogP contribution in [0.25, 0.3) is 0 Å². The number of benzene rings is 2. The van der Waals surface area contributed by atoms with Crippen molar-refractivity contribution < 1.29 is 4.74 Å². The first-order valence-electron chi connectivity index (χ1n) is 8.67.